The molecular weight excluding hydrogens is 419 g/mol. The minimum Gasteiger partial charge on any atom is -0.352 e. The topological polar surface area (TPSA) is 66.5 Å². The van der Waals surface area contributed by atoms with Crippen molar-refractivity contribution in [3.63, 3.8) is 0 Å². The second kappa shape index (κ2) is 9.16. The summed E-state index contributed by atoms with van der Waals surface area (Å²) in [6.07, 6.45) is 5.17. The molecule has 0 heterocycles. The van der Waals surface area contributed by atoms with Crippen molar-refractivity contribution in [3.05, 3.63) is 58.6 Å². The maximum atomic E-state index is 13.2. The molecule has 2 aromatic rings. The summed E-state index contributed by atoms with van der Waals surface area (Å²) < 4.78 is 27.6. The molecular formula is C20H22Cl2N2O3S. The van der Waals surface area contributed by atoms with Crippen molar-refractivity contribution >= 4 is 44.8 Å². The molecule has 150 valence electrons. The van der Waals surface area contributed by atoms with Crippen LogP contribution in [0.2, 0.25) is 10.0 Å². The lowest BCUT2D eigenvalue weighted by atomic mass is 9.95. The van der Waals surface area contributed by atoms with E-state index in [0.29, 0.717) is 15.7 Å². The highest BCUT2D eigenvalue weighted by Crippen LogP contribution is 2.27. The van der Waals surface area contributed by atoms with Gasteiger partial charge >= 0.3 is 0 Å². The molecule has 0 radical (unpaired) electrons. The minimum atomic E-state index is -3.97. The Kier molecular flexibility index (Phi) is 6.86. The van der Waals surface area contributed by atoms with Gasteiger partial charge in [-0.3, -0.25) is 9.10 Å². The number of hydrogen-bond acceptors (Lipinski definition) is 3. The summed E-state index contributed by atoms with van der Waals surface area (Å²) in [6.45, 7) is -0.318. The lowest BCUT2D eigenvalue weighted by molar-refractivity contribution is -0.120. The van der Waals surface area contributed by atoms with Gasteiger partial charge in [0.25, 0.3) is 10.0 Å². The summed E-state index contributed by atoms with van der Waals surface area (Å²) >= 11 is 11.9. The lowest BCUT2D eigenvalue weighted by Gasteiger charge is -2.27. The average Bonchev–Trinajstić information content (AvgIpc) is 2.67. The van der Waals surface area contributed by atoms with Gasteiger partial charge in [0.2, 0.25) is 5.91 Å². The predicted molar refractivity (Wildman–Crippen MR) is 112 cm³/mol. The highest BCUT2D eigenvalue weighted by Gasteiger charge is 2.28. The molecule has 0 spiro atoms. The van der Waals surface area contributed by atoms with E-state index in [1.807, 2.05) is 0 Å². The van der Waals surface area contributed by atoms with Crippen LogP contribution >= 0.6 is 23.2 Å². The molecule has 1 saturated carbocycles. The van der Waals surface area contributed by atoms with Crippen molar-refractivity contribution in [1.29, 1.82) is 0 Å². The largest absolute Gasteiger partial charge is 0.352 e. The molecule has 0 bridgehead atoms. The van der Waals surface area contributed by atoms with Gasteiger partial charge in [0.1, 0.15) is 6.54 Å². The van der Waals surface area contributed by atoms with E-state index < -0.39 is 10.0 Å². The molecule has 1 aliphatic rings. The number of anilines is 1. The molecule has 2 aromatic carbocycles. The van der Waals surface area contributed by atoms with Crippen LogP contribution in [0, 0.1) is 0 Å². The molecule has 1 N–H and O–H groups in total. The molecule has 0 aliphatic heterocycles. The van der Waals surface area contributed by atoms with Crippen molar-refractivity contribution in [2.24, 2.45) is 0 Å². The average molecular weight is 441 g/mol. The highest BCUT2D eigenvalue weighted by molar-refractivity contribution is 7.92. The molecule has 0 atom stereocenters. The molecule has 1 aliphatic carbocycles. The molecule has 0 saturated heterocycles. The molecule has 1 fully saturated rings. The summed E-state index contributed by atoms with van der Waals surface area (Å²) in [5.74, 6) is -0.329. The third-order valence-corrected chi connectivity index (χ3v) is 7.03. The molecule has 0 unspecified atom stereocenters. The third-order valence-electron chi connectivity index (χ3n) is 4.76. The van der Waals surface area contributed by atoms with Crippen molar-refractivity contribution in [3.8, 4) is 0 Å². The molecule has 3 rings (SSSR count). The van der Waals surface area contributed by atoms with Crippen LogP contribution in [0.25, 0.3) is 0 Å². The molecule has 8 heteroatoms. The van der Waals surface area contributed by atoms with Gasteiger partial charge in [0.05, 0.1) is 10.6 Å². The Labute approximate surface area is 175 Å². The van der Waals surface area contributed by atoms with E-state index in [4.69, 9.17) is 23.2 Å². The van der Waals surface area contributed by atoms with Crippen LogP contribution in [0.5, 0.6) is 0 Å². The molecule has 5 nitrogen and oxygen atoms in total. The van der Waals surface area contributed by atoms with E-state index in [0.717, 1.165) is 30.0 Å². The molecule has 0 aromatic heterocycles. The van der Waals surface area contributed by atoms with Gasteiger partial charge in [-0.2, -0.15) is 0 Å². The van der Waals surface area contributed by atoms with Crippen molar-refractivity contribution in [2.45, 2.75) is 43.0 Å². The van der Waals surface area contributed by atoms with Crippen LogP contribution in [0.3, 0.4) is 0 Å². The number of amides is 1. The van der Waals surface area contributed by atoms with Gasteiger partial charge in [-0.15, -0.1) is 0 Å². The van der Waals surface area contributed by atoms with Gasteiger partial charge in [0, 0.05) is 16.1 Å². The number of halogens is 2. The summed E-state index contributed by atoms with van der Waals surface area (Å²) in [5.41, 5.74) is 0.334. The maximum absolute atomic E-state index is 13.2. The van der Waals surface area contributed by atoms with Gasteiger partial charge in [0.15, 0.2) is 0 Å². The number of nitrogens with one attached hydrogen (secondary N) is 1. The van der Waals surface area contributed by atoms with Crippen molar-refractivity contribution < 1.29 is 13.2 Å². The second-order valence-electron chi connectivity index (χ2n) is 6.85. The first-order chi connectivity index (χ1) is 13.4. The van der Waals surface area contributed by atoms with Gasteiger partial charge in [-0.25, -0.2) is 8.42 Å². The van der Waals surface area contributed by atoms with E-state index in [-0.39, 0.29) is 23.4 Å². The second-order valence-corrected chi connectivity index (χ2v) is 9.58. The van der Waals surface area contributed by atoms with E-state index in [9.17, 15) is 13.2 Å². The van der Waals surface area contributed by atoms with E-state index >= 15 is 0 Å². The summed E-state index contributed by atoms with van der Waals surface area (Å²) in [4.78, 5) is 12.7. The SMILES string of the molecule is O=C(CN(c1cccc(Cl)c1)S(=O)(=O)c1ccc(Cl)cc1)NC1CCCCC1. The number of sulfonamides is 1. The monoisotopic (exact) mass is 440 g/mol. The Morgan fingerprint density at radius 2 is 1.68 bits per heavy atom. The first-order valence-corrected chi connectivity index (χ1v) is 11.4. The molecule has 28 heavy (non-hydrogen) atoms. The fourth-order valence-corrected chi connectivity index (χ4v) is 5.05. The van der Waals surface area contributed by atoms with Crippen LogP contribution in [0.4, 0.5) is 5.69 Å². The quantitative estimate of drug-likeness (QED) is 0.711. The zero-order chi connectivity index (χ0) is 20.1. The molecule has 1 amide bonds. The Morgan fingerprint density at radius 3 is 2.32 bits per heavy atom. The number of hydrogen-bond donors (Lipinski definition) is 1. The standard InChI is InChI=1S/C20H22Cl2N2O3S/c21-15-9-11-19(12-10-15)28(26,27)24(18-8-4-5-16(22)13-18)14-20(25)23-17-6-2-1-3-7-17/h4-5,8-13,17H,1-3,6-7,14H2,(H,23,25). The van der Waals surface area contributed by atoms with Crippen LogP contribution in [0.1, 0.15) is 32.1 Å². The Hall–Kier alpha value is -1.76. The third kappa shape index (κ3) is 5.19. The highest BCUT2D eigenvalue weighted by atomic mass is 35.5. The number of rotatable bonds is 6. The number of carbonyl (C=O) groups is 1. The Morgan fingerprint density at radius 1 is 1.00 bits per heavy atom. The van der Waals surface area contributed by atoms with Gasteiger partial charge in [-0.05, 0) is 55.3 Å². The predicted octanol–water partition coefficient (Wildman–Crippen LogP) is 4.64. The van der Waals surface area contributed by atoms with Crippen molar-refractivity contribution in [2.75, 3.05) is 10.8 Å². The first-order valence-electron chi connectivity index (χ1n) is 9.19. The first kappa shape index (κ1) is 21.0. The van der Waals surface area contributed by atoms with E-state index in [1.165, 1.54) is 36.8 Å². The van der Waals surface area contributed by atoms with E-state index in [2.05, 4.69) is 5.32 Å². The number of carbonyl (C=O) groups excluding carboxylic acids is 1. The maximum Gasteiger partial charge on any atom is 0.264 e. The fraction of sp³-hybridized carbons (Fsp3) is 0.350. The zero-order valence-electron chi connectivity index (χ0n) is 15.3. The Bertz CT molecular complexity index is 927. The normalized spacial score (nSPS) is 15.2. The minimum absolute atomic E-state index is 0.0577. The summed E-state index contributed by atoms with van der Waals surface area (Å²) in [7, 11) is -3.97. The number of benzene rings is 2. The zero-order valence-corrected chi connectivity index (χ0v) is 17.6. The van der Waals surface area contributed by atoms with E-state index in [1.54, 1.807) is 18.2 Å². The Balaban J connectivity index is 1.88. The van der Waals surface area contributed by atoms with Crippen LogP contribution in [-0.4, -0.2) is 26.9 Å². The van der Waals surface area contributed by atoms with Crippen LogP contribution in [0.15, 0.2) is 53.4 Å². The van der Waals surface area contributed by atoms with Crippen LogP contribution in [-0.2, 0) is 14.8 Å². The van der Waals surface area contributed by atoms with Crippen LogP contribution < -0.4 is 9.62 Å². The lowest BCUT2D eigenvalue weighted by Crippen LogP contribution is -2.44. The van der Waals surface area contributed by atoms with Gasteiger partial charge < -0.3 is 5.32 Å². The van der Waals surface area contributed by atoms with Crippen molar-refractivity contribution in [1.82, 2.24) is 5.32 Å². The number of nitrogens with zero attached hydrogens (tertiary/aromatic N) is 1. The summed E-state index contributed by atoms with van der Waals surface area (Å²) in [6, 6.07) is 12.4. The van der Waals surface area contributed by atoms with Gasteiger partial charge in [-0.1, -0.05) is 48.5 Å². The smallest absolute Gasteiger partial charge is 0.264 e. The fourth-order valence-electron chi connectivity index (χ4n) is 3.33. The summed E-state index contributed by atoms with van der Waals surface area (Å²) in [5, 5.41) is 3.79.